The van der Waals surface area contributed by atoms with Crippen LogP contribution in [0.4, 0.5) is 10.5 Å². The average Bonchev–Trinajstić information content (AvgIpc) is 3.05. The molecule has 26 heavy (non-hydrogen) atoms. The lowest BCUT2D eigenvalue weighted by molar-refractivity contribution is -0.130. The number of rotatable bonds is 3. The van der Waals surface area contributed by atoms with Crippen LogP contribution in [0.15, 0.2) is 24.3 Å². The zero-order valence-electron chi connectivity index (χ0n) is 14.8. The molecule has 2 aromatic rings. The highest BCUT2D eigenvalue weighted by Gasteiger charge is 2.22. The molecule has 1 fully saturated rings. The van der Waals surface area contributed by atoms with Crippen molar-refractivity contribution in [2.45, 2.75) is 13.8 Å². The van der Waals surface area contributed by atoms with Gasteiger partial charge in [0, 0.05) is 43.5 Å². The van der Waals surface area contributed by atoms with E-state index in [0.29, 0.717) is 43.4 Å². The van der Waals surface area contributed by atoms with Gasteiger partial charge in [0.25, 0.3) is 0 Å². The smallest absolute Gasteiger partial charge is 0.348 e. The molecule has 0 atom stereocenters. The second kappa shape index (κ2) is 7.74. The van der Waals surface area contributed by atoms with Crippen molar-refractivity contribution in [3.05, 3.63) is 29.1 Å². The first kappa shape index (κ1) is 18.2. The molecule has 0 unspecified atom stereocenters. The molecule has 0 aliphatic carbocycles. The maximum atomic E-state index is 12.4. The zero-order valence-corrected chi connectivity index (χ0v) is 15.6. The second-order valence-electron chi connectivity index (χ2n) is 6.01. The summed E-state index contributed by atoms with van der Waals surface area (Å²) in [4.78, 5) is 39.6. The van der Waals surface area contributed by atoms with Gasteiger partial charge in [-0.3, -0.25) is 4.79 Å². The number of nitrogens with one attached hydrogen (secondary N) is 1. The predicted octanol–water partition coefficient (Wildman–Crippen LogP) is 2.77. The number of thiophene rings is 1. The summed E-state index contributed by atoms with van der Waals surface area (Å²) in [5.41, 5.74) is 0.671. The van der Waals surface area contributed by atoms with Crippen molar-refractivity contribution < 1.29 is 19.1 Å². The van der Waals surface area contributed by atoms with Crippen molar-refractivity contribution in [2.75, 3.05) is 38.1 Å². The summed E-state index contributed by atoms with van der Waals surface area (Å²) in [6.45, 7) is 5.78. The molecule has 3 amide bonds. The number of hydrogen-bond acceptors (Lipinski definition) is 5. The van der Waals surface area contributed by atoms with Crippen LogP contribution in [0.5, 0.6) is 0 Å². The number of esters is 1. The van der Waals surface area contributed by atoms with E-state index in [1.54, 1.807) is 22.8 Å². The summed E-state index contributed by atoms with van der Waals surface area (Å²) in [7, 11) is 0. The molecule has 0 bridgehead atoms. The maximum Gasteiger partial charge on any atom is 0.348 e. The number of benzene rings is 1. The van der Waals surface area contributed by atoms with Crippen LogP contribution >= 0.6 is 11.3 Å². The van der Waals surface area contributed by atoms with Crippen LogP contribution in [-0.2, 0) is 9.53 Å². The van der Waals surface area contributed by atoms with Gasteiger partial charge in [-0.1, -0.05) is 0 Å². The number of carbonyl (C=O) groups excluding carboxylic acids is 3. The van der Waals surface area contributed by atoms with Crippen molar-refractivity contribution in [3.63, 3.8) is 0 Å². The Morgan fingerprint density at radius 2 is 1.81 bits per heavy atom. The molecule has 138 valence electrons. The topological polar surface area (TPSA) is 79.0 Å². The Morgan fingerprint density at radius 1 is 1.12 bits per heavy atom. The lowest BCUT2D eigenvalue weighted by Crippen LogP contribution is -2.51. The Morgan fingerprint density at radius 3 is 2.46 bits per heavy atom. The number of piperazine rings is 1. The first-order valence-corrected chi connectivity index (χ1v) is 9.31. The largest absolute Gasteiger partial charge is 0.462 e. The Hall–Kier alpha value is -2.61. The number of hydrogen-bond donors (Lipinski definition) is 1. The molecule has 2 heterocycles. The van der Waals surface area contributed by atoms with E-state index in [0.717, 1.165) is 10.1 Å². The van der Waals surface area contributed by atoms with Gasteiger partial charge in [0.15, 0.2) is 0 Å². The number of anilines is 1. The van der Waals surface area contributed by atoms with Gasteiger partial charge in [-0.05, 0) is 36.6 Å². The van der Waals surface area contributed by atoms with Gasteiger partial charge in [-0.15, -0.1) is 11.3 Å². The lowest BCUT2D eigenvalue weighted by atomic mass is 10.2. The van der Waals surface area contributed by atoms with E-state index in [9.17, 15) is 14.4 Å². The van der Waals surface area contributed by atoms with E-state index in [-0.39, 0.29) is 17.9 Å². The van der Waals surface area contributed by atoms with Gasteiger partial charge in [-0.2, -0.15) is 0 Å². The molecule has 8 heteroatoms. The molecule has 1 aromatic heterocycles. The molecular formula is C18H21N3O4S. The van der Waals surface area contributed by atoms with Crippen molar-refractivity contribution in [1.82, 2.24) is 9.80 Å². The van der Waals surface area contributed by atoms with Gasteiger partial charge in [0.05, 0.1) is 6.61 Å². The van der Waals surface area contributed by atoms with E-state index < -0.39 is 0 Å². The Bertz CT molecular complexity index is 840. The van der Waals surface area contributed by atoms with Crippen LogP contribution in [0.1, 0.15) is 23.5 Å². The quantitative estimate of drug-likeness (QED) is 0.837. The summed E-state index contributed by atoms with van der Waals surface area (Å²) in [6, 6.07) is 7.13. The number of urea groups is 1. The summed E-state index contributed by atoms with van der Waals surface area (Å²) >= 11 is 1.37. The minimum Gasteiger partial charge on any atom is -0.462 e. The fraction of sp³-hybridized carbons (Fsp3) is 0.389. The fourth-order valence-corrected chi connectivity index (χ4v) is 3.79. The normalized spacial score (nSPS) is 14.4. The molecule has 1 aliphatic rings. The van der Waals surface area contributed by atoms with Gasteiger partial charge in [0.1, 0.15) is 4.88 Å². The minimum atomic E-state index is -0.331. The number of nitrogens with zero attached hydrogens (tertiary/aromatic N) is 2. The highest BCUT2D eigenvalue weighted by molar-refractivity contribution is 7.20. The Labute approximate surface area is 155 Å². The van der Waals surface area contributed by atoms with E-state index in [4.69, 9.17) is 4.74 Å². The Balaban J connectivity index is 1.66. The van der Waals surface area contributed by atoms with Crippen molar-refractivity contribution in [2.24, 2.45) is 0 Å². The van der Waals surface area contributed by atoms with E-state index in [2.05, 4.69) is 5.32 Å². The lowest BCUT2D eigenvalue weighted by Gasteiger charge is -2.34. The number of ether oxygens (including phenoxy) is 1. The van der Waals surface area contributed by atoms with Gasteiger partial charge in [-0.25, -0.2) is 9.59 Å². The number of fused-ring (bicyclic) bond motifs is 1. The molecule has 1 saturated heterocycles. The first-order valence-electron chi connectivity index (χ1n) is 8.50. The third-order valence-corrected chi connectivity index (χ3v) is 5.35. The standard InChI is InChI=1S/C18H21N3O4S/c1-3-25-17(23)16-11-13-10-14(4-5-15(13)26-16)19-18(24)21-8-6-20(7-9-21)12(2)22/h4-5,10-11H,3,6-9H2,1-2H3,(H,19,24). The summed E-state index contributed by atoms with van der Waals surface area (Å²) < 4.78 is 5.98. The van der Waals surface area contributed by atoms with Crippen LogP contribution in [0, 0.1) is 0 Å². The van der Waals surface area contributed by atoms with Gasteiger partial charge in [0.2, 0.25) is 5.91 Å². The van der Waals surface area contributed by atoms with E-state index in [1.807, 2.05) is 18.2 Å². The van der Waals surface area contributed by atoms with Crippen molar-refractivity contribution in [1.29, 1.82) is 0 Å². The SMILES string of the molecule is CCOC(=O)c1cc2cc(NC(=O)N3CCN(C(C)=O)CC3)ccc2s1. The molecule has 1 N–H and O–H groups in total. The second-order valence-corrected chi connectivity index (χ2v) is 7.09. The molecule has 3 rings (SSSR count). The summed E-state index contributed by atoms with van der Waals surface area (Å²) in [6.07, 6.45) is 0. The van der Waals surface area contributed by atoms with Crippen LogP contribution < -0.4 is 5.32 Å². The first-order chi connectivity index (χ1) is 12.5. The average molecular weight is 375 g/mol. The zero-order chi connectivity index (χ0) is 18.7. The highest BCUT2D eigenvalue weighted by atomic mass is 32.1. The third kappa shape index (κ3) is 3.96. The van der Waals surface area contributed by atoms with Gasteiger partial charge < -0.3 is 19.9 Å². The minimum absolute atomic E-state index is 0.0328. The molecule has 0 radical (unpaired) electrons. The molecular weight excluding hydrogens is 354 g/mol. The fourth-order valence-electron chi connectivity index (χ4n) is 2.85. The molecule has 7 nitrogen and oxygen atoms in total. The van der Waals surface area contributed by atoms with Gasteiger partial charge >= 0.3 is 12.0 Å². The third-order valence-electron chi connectivity index (χ3n) is 4.26. The molecule has 0 spiro atoms. The molecule has 0 saturated carbocycles. The number of amides is 3. The Kier molecular flexibility index (Phi) is 5.41. The predicted molar refractivity (Wildman–Crippen MR) is 101 cm³/mol. The van der Waals surface area contributed by atoms with Crippen LogP contribution in [0.3, 0.4) is 0 Å². The molecule has 1 aliphatic heterocycles. The van der Waals surface area contributed by atoms with E-state index in [1.165, 1.54) is 18.3 Å². The summed E-state index contributed by atoms with van der Waals surface area (Å²) in [5, 5.41) is 3.77. The van der Waals surface area contributed by atoms with Crippen LogP contribution in [-0.4, -0.2) is 60.5 Å². The summed E-state index contributed by atoms with van der Waals surface area (Å²) in [5.74, 6) is -0.298. The van der Waals surface area contributed by atoms with E-state index >= 15 is 0 Å². The number of carbonyl (C=O) groups is 3. The maximum absolute atomic E-state index is 12.4. The highest BCUT2D eigenvalue weighted by Crippen LogP contribution is 2.28. The van der Waals surface area contributed by atoms with Crippen molar-refractivity contribution in [3.8, 4) is 0 Å². The van der Waals surface area contributed by atoms with Crippen LogP contribution in [0.25, 0.3) is 10.1 Å². The monoisotopic (exact) mass is 375 g/mol. The van der Waals surface area contributed by atoms with Crippen molar-refractivity contribution >= 4 is 45.0 Å². The van der Waals surface area contributed by atoms with Crippen LogP contribution in [0.2, 0.25) is 0 Å². The molecule has 1 aromatic carbocycles.